The van der Waals surface area contributed by atoms with Gasteiger partial charge in [-0.1, -0.05) is 20.8 Å². The van der Waals surface area contributed by atoms with Crippen LogP contribution in [0.5, 0.6) is 0 Å². The predicted molar refractivity (Wildman–Crippen MR) is 65.3 cm³/mol. The Balaban J connectivity index is 1.93. The number of hydrogen-bond acceptors (Lipinski definition) is 2. The minimum absolute atomic E-state index is 0.223. The molecule has 1 unspecified atom stereocenters. The zero-order valence-electron chi connectivity index (χ0n) is 11.2. The summed E-state index contributed by atoms with van der Waals surface area (Å²) in [5, 5.41) is 0. The molecule has 0 amide bonds. The maximum atomic E-state index is 6.05. The van der Waals surface area contributed by atoms with E-state index >= 15 is 0 Å². The Labute approximate surface area is 99.7 Å². The molecule has 1 aliphatic carbocycles. The van der Waals surface area contributed by atoms with Gasteiger partial charge in [0.25, 0.3) is 0 Å². The number of rotatable bonds is 0. The van der Waals surface area contributed by atoms with Crippen molar-refractivity contribution >= 4 is 0 Å². The van der Waals surface area contributed by atoms with E-state index in [2.05, 4.69) is 27.7 Å². The summed E-state index contributed by atoms with van der Waals surface area (Å²) < 4.78 is 12.0. The molecule has 0 aromatic rings. The second-order valence-corrected chi connectivity index (χ2v) is 6.62. The van der Waals surface area contributed by atoms with Gasteiger partial charge in [-0.2, -0.15) is 0 Å². The third-order valence-electron chi connectivity index (χ3n) is 4.28. The molecule has 1 spiro atoms. The fraction of sp³-hybridized carbons (Fsp3) is 1.00. The molecule has 2 fully saturated rings. The molecule has 2 aliphatic rings. The first-order chi connectivity index (χ1) is 7.41. The summed E-state index contributed by atoms with van der Waals surface area (Å²) in [6.45, 7) is 10.1. The van der Waals surface area contributed by atoms with Gasteiger partial charge in [0.2, 0.25) is 0 Å². The molecular formula is C14H26O2. The average Bonchev–Trinajstić information content (AvgIpc) is 2.16. The first kappa shape index (κ1) is 12.4. The number of ether oxygens (including phenoxy) is 2. The summed E-state index contributed by atoms with van der Waals surface area (Å²) in [7, 11) is 0. The van der Waals surface area contributed by atoms with Crippen molar-refractivity contribution in [2.45, 2.75) is 71.7 Å². The highest BCUT2D eigenvalue weighted by Gasteiger charge is 2.42. The minimum atomic E-state index is -0.223. The Morgan fingerprint density at radius 2 is 1.69 bits per heavy atom. The Bertz CT molecular complexity index is 234. The van der Waals surface area contributed by atoms with Gasteiger partial charge in [0.1, 0.15) is 0 Å². The van der Waals surface area contributed by atoms with E-state index in [9.17, 15) is 0 Å². The second-order valence-electron chi connectivity index (χ2n) is 6.62. The van der Waals surface area contributed by atoms with Crippen LogP contribution in [0.4, 0.5) is 0 Å². The standard InChI is InChI=1S/C14H26O2/c1-11-7-10-15-14(16-11)8-5-12(6-9-14)13(2,3)4/h11-12H,5-10H2,1-4H3. The van der Waals surface area contributed by atoms with Crippen LogP contribution < -0.4 is 0 Å². The van der Waals surface area contributed by atoms with Crippen LogP contribution in [-0.4, -0.2) is 18.5 Å². The van der Waals surface area contributed by atoms with Gasteiger partial charge < -0.3 is 9.47 Å². The Morgan fingerprint density at radius 3 is 2.19 bits per heavy atom. The molecule has 1 saturated carbocycles. The van der Waals surface area contributed by atoms with Crippen LogP contribution in [0.2, 0.25) is 0 Å². The quantitative estimate of drug-likeness (QED) is 0.626. The zero-order chi connectivity index (χ0) is 11.8. The first-order valence-corrected chi connectivity index (χ1v) is 6.73. The lowest BCUT2D eigenvalue weighted by Gasteiger charge is -2.46. The van der Waals surface area contributed by atoms with Crippen molar-refractivity contribution in [2.75, 3.05) is 6.61 Å². The van der Waals surface area contributed by atoms with Crippen LogP contribution in [0.25, 0.3) is 0 Å². The number of hydrogen-bond donors (Lipinski definition) is 0. The largest absolute Gasteiger partial charge is 0.350 e. The predicted octanol–water partition coefficient (Wildman–Crippen LogP) is 3.74. The Kier molecular flexibility index (Phi) is 3.33. The fourth-order valence-corrected chi connectivity index (χ4v) is 3.06. The molecule has 2 nitrogen and oxygen atoms in total. The molecule has 94 valence electrons. The maximum Gasteiger partial charge on any atom is 0.168 e. The molecule has 0 N–H and O–H groups in total. The highest BCUT2D eigenvalue weighted by atomic mass is 16.7. The third-order valence-corrected chi connectivity index (χ3v) is 4.28. The molecule has 16 heavy (non-hydrogen) atoms. The lowest BCUT2D eigenvalue weighted by Crippen LogP contribution is -2.47. The summed E-state index contributed by atoms with van der Waals surface area (Å²) in [5.74, 6) is 0.599. The van der Waals surface area contributed by atoms with Crippen molar-refractivity contribution in [3.63, 3.8) is 0 Å². The van der Waals surface area contributed by atoms with E-state index < -0.39 is 0 Å². The molecule has 2 rings (SSSR count). The normalized spacial score (nSPS) is 41.2. The van der Waals surface area contributed by atoms with E-state index in [4.69, 9.17) is 9.47 Å². The van der Waals surface area contributed by atoms with Crippen LogP contribution in [-0.2, 0) is 9.47 Å². The molecule has 0 bridgehead atoms. The Hall–Kier alpha value is -0.0800. The summed E-state index contributed by atoms with van der Waals surface area (Å²) >= 11 is 0. The van der Waals surface area contributed by atoms with Crippen molar-refractivity contribution in [3.05, 3.63) is 0 Å². The molecule has 1 aliphatic heterocycles. The molecule has 2 heteroatoms. The van der Waals surface area contributed by atoms with Crippen molar-refractivity contribution in [1.29, 1.82) is 0 Å². The van der Waals surface area contributed by atoms with Crippen LogP contribution in [0.1, 0.15) is 59.8 Å². The fourth-order valence-electron chi connectivity index (χ4n) is 3.06. The summed E-state index contributed by atoms with van der Waals surface area (Å²) in [5.41, 5.74) is 0.432. The van der Waals surface area contributed by atoms with Gasteiger partial charge in [0.15, 0.2) is 5.79 Å². The molecule has 0 radical (unpaired) electrons. The maximum absolute atomic E-state index is 6.05. The summed E-state index contributed by atoms with van der Waals surface area (Å²) in [4.78, 5) is 0. The van der Waals surface area contributed by atoms with E-state index in [1.54, 1.807) is 0 Å². The third kappa shape index (κ3) is 2.60. The molecular weight excluding hydrogens is 200 g/mol. The minimum Gasteiger partial charge on any atom is -0.350 e. The van der Waals surface area contributed by atoms with E-state index in [0.29, 0.717) is 11.5 Å². The average molecular weight is 226 g/mol. The zero-order valence-corrected chi connectivity index (χ0v) is 11.2. The van der Waals surface area contributed by atoms with Gasteiger partial charge in [0, 0.05) is 12.8 Å². The van der Waals surface area contributed by atoms with Gasteiger partial charge in [-0.25, -0.2) is 0 Å². The van der Waals surface area contributed by atoms with Crippen LogP contribution in [0, 0.1) is 11.3 Å². The van der Waals surface area contributed by atoms with Crippen molar-refractivity contribution in [2.24, 2.45) is 11.3 Å². The Morgan fingerprint density at radius 1 is 1.06 bits per heavy atom. The lowest BCUT2D eigenvalue weighted by molar-refractivity contribution is -0.306. The van der Waals surface area contributed by atoms with Crippen LogP contribution >= 0.6 is 0 Å². The van der Waals surface area contributed by atoms with E-state index in [1.165, 1.54) is 12.8 Å². The summed E-state index contributed by atoms with van der Waals surface area (Å²) in [6.07, 6.45) is 6.08. The van der Waals surface area contributed by atoms with E-state index in [0.717, 1.165) is 31.8 Å². The summed E-state index contributed by atoms with van der Waals surface area (Å²) in [6, 6.07) is 0. The highest BCUT2D eigenvalue weighted by molar-refractivity contribution is 4.87. The van der Waals surface area contributed by atoms with Crippen molar-refractivity contribution in [3.8, 4) is 0 Å². The van der Waals surface area contributed by atoms with Gasteiger partial charge >= 0.3 is 0 Å². The van der Waals surface area contributed by atoms with Gasteiger partial charge in [-0.05, 0) is 37.5 Å². The molecule has 0 aromatic heterocycles. The molecule has 1 saturated heterocycles. The monoisotopic (exact) mass is 226 g/mol. The first-order valence-electron chi connectivity index (χ1n) is 6.73. The smallest absolute Gasteiger partial charge is 0.168 e. The van der Waals surface area contributed by atoms with E-state index in [-0.39, 0.29) is 5.79 Å². The van der Waals surface area contributed by atoms with Crippen molar-refractivity contribution in [1.82, 2.24) is 0 Å². The molecule has 1 atom stereocenters. The highest BCUT2D eigenvalue weighted by Crippen LogP contribution is 2.44. The topological polar surface area (TPSA) is 18.5 Å². The van der Waals surface area contributed by atoms with Crippen LogP contribution in [0.3, 0.4) is 0 Å². The van der Waals surface area contributed by atoms with Gasteiger partial charge in [0.05, 0.1) is 12.7 Å². The van der Waals surface area contributed by atoms with Crippen molar-refractivity contribution < 1.29 is 9.47 Å². The van der Waals surface area contributed by atoms with Gasteiger partial charge in [-0.15, -0.1) is 0 Å². The second kappa shape index (κ2) is 4.30. The van der Waals surface area contributed by atoms with E-state index in [1.807, 2.05) is 0 Å². The van der Waals surface area contributed by atoms with Crippen LogP contribution in [0.15, 0.2) is 0 Å². The SMILES string of the molecule is CC1CCOC2(CCC(C(C)(C)C)CC2)O1. The molecule has 0 aromatic carbocycles. The molecule has 1 heterocycles. The lowest BCUT2D eigenvalue weighted by atomic mass is 9.71. The van der Waals surface area contributed by atoms with Gasteiger partial charge in [-0.3, -0.25) is 0 Å².